The van der Waals surface area contributed by atoms with Crippen LogP contribution in [0.15, 0.2) is 109 Å². The van der Waals surface area contributed by atoms with E-state index in [-0.39, 0.29) is 5.78 Å². The molecule has 4 aromatic carbocycles. The van der Waals surface area contributed by atoms with Gasteiger partial charge < -0.3 is 5.73 Å². The molecule has 3 heteroatoms. The van der Waals surface area contributed by atoms with Gasteiger partial charge in [0.05, 0.1) is 5.84 Å². The summed E-state index contributed by atoms with van der Waals surface area (Å²) < 4.78 is 0. The predicted octanol–water partition coefficient (Wildman–Crippen LogP) is 12.3. The molecule has 0 aromatic heterocycles. The van der Waals surface area contributed by atoms with Gasteiger partial charge in [-0.05, 0) is 90.5 Å². The van der Waals surface area contributed by atoms with E-state index in [0.717, 1.165) is 48.6 Å². The molecule has 0 bridgehead atoms. The van der Waals surface area contributed by atoms with Crippen molar-refractivity contribution < 1.29 is 4.79 Å². The van der Waals surface area contributed by atoms with Crippen LogP contribution in [0.1, 0.15) is 118 Å². The van der Waals surface area contributed by atoms with Crippen LogP contribution in [-0.2, 0) is 19.3 Å². The highest BCUT2D eigenvalue weighted by Gasteiger charge is 2.13. The Kier molecular flexibility index (Phi) is 18.8. The van der Waals surface area contributed by atoms with Crippen LogP contribution >= 0.6 is 0 Å². The molecule has 0 spiro atoms. The summed E-state index contributed by atoms with van der Waals surface area (Å²) in [5.74, 6) is 3.22. The fourth-order valence-electron chi connectivity index (χ4n) is 5.65. The van der Waals surface area contributed by atoms with Crippen LogP contribution < -0.4 is 5.73 Å². The molecule has 0 amide bonds. The van der Waals surface area contributed by atoms with Crippen LogP contribution in [0.4, 0.5) is 0 Å². The van der Waals surface area contributed by atoms with Gasteiger partial charge in [-0.25, -0.2) is 0 Å². The Morgan fingerprint density at radius 2 is 1.10 bits per heavy atom. The predicted molar refractivity (Wildman–Crippen MR) is 218 cm³/mol. The van der Waals surface area contributed by atoms with Crippen LogP contribution in [0, 0.1) is 36.0 Å². The second-order valence-corrected chi connectivity index (χ2v) is 15.2. The lowest BCUT2D eigenvalue weighted by molar-refractivity contribution is 0.103. The van der Waals surface area contributed by atoms with Crippen molar-refractivity contribution in [3.8, 4) is 0 Å². The smallest absolute Gasteiger partial charge is 0.193 e. The average Bonchev–Trinajstić information content (AvgIpc) is 3.48. The number of nitrogens with two attached hydrogens (primary N) is 1. The molecular weight excluding hydrogens is 609 g/mol. The van der Waals surface area contributed by atoms with E-state index in [4.69, 9.17) is 11.1 Å². The fourth-order valence-corrected chi connectivity index (χ4v) is 5.65. The molecule has 1 aliphatic carbocycles. The number of hydrogen-bond donors (Lipinski definition) is 2. The molecule has 50 heavy (non-hydrogen) atoms. The van der Waals surface area contributed by atoms with Gasteiger partial charge in [0.2, 0.25) is 0 Å². The topological polar surface area (TPSA) is 66.9 Å². The molecule has 0 unspecified atom stereocenters. The zero-order valence-electron chi connectivity index (χ0n) is 32.4. The summed E-state index contributed by atoms with van der Waals surface area (Å²) in [6.07, 6.45) is 8.77. The maximum atomic E-state index is 12.2. The molecular formula is C47H64N2O. The van der Waals surface area contributed by atoms with Crippen molar-refractivity contribution in [3.63, 3.8) is 0 Å². The molecule has 268 valence electrons. The Labute approximate surface area is 305 Å². The lowest BCUT2D eigenvalue weighted by atomic mass is 9.98. The number of benzene rings is 4. The van der Waals surface area contributed by atoms with E-state index in [2.05, 4.69) is 129 Å². The molecule has 4 aromatic rings. The third kappa shape index (κ3) is 16.9. The van der Waals surface area contributed by atoms with Crippen LogP contribution in [0.5, 0.6) is 0 Å². The van der Waals surface area contributed by atoms with Gasteiger partial charge in [-0.2, -0.15) is 0 Å². The highest BCUT2D eigenvalue weighted by atomic mass is 16.1. The van der Waals surface area contributed by atoms with E-state index < -0.39 is 0 Å². The lowest BCUT2D eigenvalue weighted by Gasteiger charge is -2.07. The quantitative estimate of drug-likeness (QED) is 0.0946. The number of allylic oxidation sites excluding steroid dienone is 2. The number of ketones is 1. The highest BCUT2D eigenvalue weighted by Crippen LogP contribution is 2.31. The monoisotopic (exact) mass is 673 g/mol. The first-order chi connectivity index (χ1) is 23.7. The number of nitrogens with one attached hydrogen (secondary N) is 1. The van der Waals surface area contributed by atoms with E-state index >= 15 is 0 Å². The first kappa shape index (κ1) is 41.9. The van der Waals surface area contributed by atoms with Crippen molar-refractivity contribution in [2.75, 3.05) is 0 Å². The summed E-state index contributed by atoms with van der Waals surface area (Å²) in [7, 11) is 0. The van der Waals surface area contributed by atoms with Gasteiger partial charge >= 0.3 is 0 Å². The minimum atomic E-state index is 0.0895. The number of hydrogen-bond acceptors (Lipinski definition) is 2. The summed E-state index contributed by atoms with van der Waals surface area (Å²) >= 11 is 0. The van der Waals surface area contributed by atoms with Crippen molar-refractivity contribution in [1.82, 2.24) is 0 Å². The van der Waals surface area contributed by atoms with Gasteiger partial charge in [0.15, 0.2) is 5.78 Å². The summed E-state index contributed by atoms with van der Waals surface area (Å²) in [5.41, 5.74) is 15.2. The molecule has 0 radical (unpaired) electrons. The summed E-state index contributed by atoms with van der Waals surface area (Å²) in [6.45, 7) is 19.8. The van der Waals surface area contributed by atoms with Crippen LogP contribution in [0.2, 0.25) is 0 Å². The van der Waals surface area contributed by atoms with E-state index in [1.807, 2.05) is 42.5 Å². The molecule has 0 atom stereocenters. The molecule has 0 saturated carbocycles. The van der Waals surface area contributed by atoms with E-state index in [0.29, 0.717) is 17.7 Å². The Bertz CT molecular complexity index is 1580. The number of rotatable bonds is 11. The molecule has 0 heterocycles. The number of amidine groups is 1. The number of aryl methyl sites for hydroxylation is 1. The SMILES string of the molecule is CC(C)CC1=CCc2ccccc21.CC(C)CCC(=N)N.CC(C)Cc1ccc(C(=O)c2ccccc2)cc1.Cc1ccc(CC(C)C)cc1. The zero-order chi connectivity index (χ0) is 37.1. The summed E-state index contributed by atoms with van der Waals surface area (Å²) in [6, 6.07) is 34.9. The third-order valence-corrected chi connectivity index (χ3v) is 8.21. The standard InChI is InChI=1S/C17H18O.C13H16.C11H16.C6H14N2/c1-13(2)12-14-8-10-16(11-9-14)17(18)15-6-4-3-5-7-15;1-10(2)9-12-8-7-11-5-3-4-6-13(11)12;1-9(2)8-11-6-4-10(3)5-7-11;1-5(2)3-4-6(7)8/h3-11,13H,12H2,1-2H3;3-6,8,10H,7,9H2,1-2H3;4-7,9H,8H2,1-3H3;5H,3-4H2,1-2H3,(H3,7,8). The van der Waals surface area contributed by atoms with Crippen molar-refractivity contribution in [1.29, 1.82) is 5.41 Å². The van der Waals surface area contributed by atoms with Crippen molar-refractivity contribution >= 4 is 17.2 Å². The maximum Gasteiger partial charge on any atom is 0.193 e. The summed E-state index contributed by atoms with van der Waals surface area (Å²) in [5, 5.41) is 6.87. The third-order valence-electron chi connectivity index (χ3n) is 8.21. The maximum absolute atomic E-state index is 12.2. The lowest BCUT2D eigenvalue weighted by Crippen LogP contribution is -2.09. The Hall–Kier alpha value is -4.24. The van der Waals surface area contributed by atoms with Gasteiger partial charge in [-0.3, -0.25) is 10.2 Å². The first-order valence-electron chi connectivity index (χ1n) is 18.6. The first-order valence-corrected chi connectivity index (χ1v) is 18.6. The largest absolute Gasteiger partial charge is 0.388 e. The Morgan fingerprint density at radius 1 is 0.620 bits per heavy atom. The van der Waals surface area contributed by atoms with Gasteiger partial charge in [-0.1, -0.05) is 170 Å². The second kappa shape index (κ2) is 22.5. The average molecular weight is 673 g/mol. The second-order valence-electron chi connectivity index (χ2n) is 15.2. The minimum Gasteiger partial charge on any atom is -0.388 e. The van der Waals surface area contributed by atoms with Crippen LogP contribution in [0.3, 0.4) is 0 Å². The molecule has 0 aliphatic heterocycles. The molecule has 3 nitrogen and oxygen atoms in total. The van der Waals surface area contributed by atoms with Gasteiger partial charge in [0.25, 0.3) is 0 Å². The van der Waals surface area contributed by atoms with Crippen molar-refractivity contribution in [2.24, 2.45) is 29.4 Å². The van der Waals surface area contributed by atoms with Crippen LogP contribution in [0.25, 0.3) is 5.57 Å². The number of fused-ring (bicyclic) bond motifs is 1. The van der Waals surface area contributed by atoms with Crippen molar-refractivity contribution in [3.05, 3.63) is 148 Å². The van der Waals surface area contributed by atoms with Crippen molar-refractivity contribution in [2.45, 2.75) is 101 Å². The zero-order valence-corrected chi connectivity index (χ0v) is 32.4. The Balaban J connectivity index is 0.000000242. The van der Waals surface area contributed by atoms with Gasteiger partial charge in [-0.15, -0.1) is 0 Å². The number of carbonyl (C=O) groups is 1. The van der Waals surface area contributed by atoms with E-state index in [1.165, 1.54) is 40.7 Å². The highest BCUT2D eigenvalue weighted by molar-refractivity contribution is 6.08. The minimum absolute atomic E-state index is 0.0895. The molecule has 1 aliphatic rings. The molecule has 0 saturated heterocycles. The van der Waals surface area contributed by atoms with E-state index in [1.54, 1.807) is 5.57 Å². The molecule has 3 N–H and O–H groups in total. The van der Waals surface area contributed by atoms with Crippen LogP contribution in [-0.4, -0.2) is 11.6 Å². The normalized spacial score (nSPS) is 11.5. The fraction of sp³-hybridized carbons (Fsp3) is 0.404. The summed E-state index contributed by atoms with van der Waals surface area (Å²) in [4.78, 5) is 12.2. The van der Waals surface area contributed by atoms with Gasteiger partial charge in [0.1, 0.15) is 0 Å². The Morgan fingerprint density at radius 3 is 1.58 bits per heavy atom. The van der Waals surface area contributed by atoms with E-state index in [9.17, 15) is 4.79 Å². The number of carbonyl (C=O) groups excluding carboxylic acids is 1. The van der Waals surface area contributed by atoms with Gasteiger partial charge in [0, 0.05) is 17.5 Å². The molecule has 5 rings (SSSR count). The molecule has 0 fully saturated rings.